The minimum atomic E-state index is -1.49. The number of hydrogen-bond acceptors (Lipinski definition) is 0. The summed E-state index contributed by atoms with van der Waals surface area (Å²) in [5, 5.41) is -0.275. The van der Waals surface area contributed by atoms with E-state index < -0.39 is 17.5 Å². The summed E-state index contributed by atoms with van der Waals surface area (Å²) in [5.74, 6) is -3.93. The number of rotatable bonds is 6. The normalized spacial score (nSPS) is 12.8. The van der Waals surface area contributed by atoms with Crippen molar-refractivity contribution in [2.75, 3.05) is 0 Å². The first kappa shape index (κ1) is 15.4. The second-order valence-corrected chi connectivity index (χ2v) is 4.90. The smallest absolute Gasteiger partial charge is 0.195 e. The SMILES string of the molecule is CCCCC(CCC)c1cc(F)c(F)c(F)c1Cl. The topological polar surface area (TPSA) is 0 Å². The third-order valence-electron chi connectivity index (χ3n) is 3.11. The van der Waals surface area contributed by atoms with Crippen molar-refractivity contribution in [2.24, 2.45) is 0 Å². The van der Waals surface area contributed by atoms with E-state index in [1.165, 1.54) is 0 Å². The second-order valence-electron chi connectivity index (χ2n) is 4.52. The van der Waals surface area contributed by atoms with Crippen molar-refractivity contribution in [3.63, 3.8) is 0 Å². The lowest BCUT2D eigenvalue weighted by Crippen LogP contribution is -2.04. The average molecular weight is 279 g/mol. The van der Waals surface area contributed by atoms with Gasteiger partial charge in [0.2, 0.25) is 0 Å². The van der Waals surface area contributed by atoms with Gasteiger partial charge in [-0.05, 0) is 30.4 Å². The van der Waals surface area contributed by atoms with Gasteiger partial charge in [-0.25, -0.2) is 13.2 Å². The summed E-state index contributed by atoms with van der Waals surface area (Å²) < 4.78 is 39.7. The predicted octanol–water partition coefficient (Wildman–Crippen LogP) is 5.83. The van der Waals surface area contributed by atoms with Crippen molar-refractivity contribution < 1.29 is 13.2 Å². The van der Waals surface area contributed by atoms with Gasteiger partial charge in [-0.15, -0.1) is 0 Å². The highest BCUT2D eigenvalue weighted by molar-refractivity contribution is 6.31. The molecule has 0 aliphatic carbocycles. The molecule has 0 nitrogen and oxygen atoms in total. The predicted molar refractivity (Wildman–Crippen MR) is 68.5 cm³/mol. The Balaban J connectivity index is 3.11. The van der Waals surface area contributed by atoms with Crippen LogP contribution in [0.5, 0.6) is 0 Å². The van der Waals surface area contributed by atoms with Crippen molar-refractivity contribution in [1.29, 1.82) is 0 Å². The molecule has 0 saturated heterocycles. The molecule has 18 heavy (non-hydrogen) atoms. The van der Waals surface area contributed by atoms with Crippen molar-refractivity contribution in [2.45, 2.75) is 51.9 Å². The number of benzene rings is 1. The van der Waals surface area contributed by atoms with Gasteiger partial charge in [0.25, 0.3) is 0 Å². The minimum Gasteiger partial charge on any atom is -0.204 e. The first-order chi connectivity index (χ1) is 8.52. The van der Waals surface area contributed by atoms with Crippen molar-refractivity contribution in [1.82, 2.24) is 0 Å². The summed E-state index contributed by atoms with van der Waals surface area (Å²) in [6.45, 7) is 4.06. The number of hydrogen-bond donors (Lipinski definition) is 0. The lowest BCUT2D eigenvalue weighted by Gasteiger charge is -2.18. The first-order valence-corrected chi connectivity index (χ1v) is 6.73. The van der Waals surface area contributed by atoms with E-state index >= 15 is 0 Å². The number of unbranched alkanes of at least 4 members (excludes halogenated alkanes) is 1. The standard InChI is InChI=1S/C14H18ClF3/c1-3-5-7-9(6-4-2)10-8-11(16)13(17)14(18)12(10)15/h8-9H,3-7H2,1-2H3. The van der Waals surface area contributed by atoms with E-state index in [2.05, 4.69) is 6.92 Å². The number of halogens is 4. The van der Waals surface area contributed by atoms with E-state index in [0.29, 0.717) is 5.56 Å². The maximum absolute atomic E-state index is 13.4. The Hall–Kier alpha value is -0.700. The Morgan fingerprint density at radius 3 is 2.28 bits per heavy atom. The quantitative estimate of drug-likeness (QED) is 0.453. The van der Waals surface area contributed by atoms with Gasteiger partial charge >= 0.3 is 0 Å². The van der Waals surface area contributed by atoms with Crippen LogP contribution in [0.25, 0.3) is 0 Å². The fourth-order valence-corrected chi connectivity index (χ4v) is 2.43. The maximum atomic E-state index is 13.4. The van der Waals surface area contributed by atoms with E-state index in [1.54, 1.807) is 0 Å². The highest BCUT2D eigenvalue weighted by Gasteiger charge is 2.22. The molecule has 0 saturated carbocycles. The summed E-state index contributed by atoms with van der Waals surface area (Å²) in [6.07, 6.45) is 4.47. The molecular formula is C14H18ClF3. The van der Waals surface area contributed by atoms with Gasteiger partial charge in [-0.1, -0.05) is 44.7 Å². The molecule has 1 aromatic carbocycles. The minimum absolute atomic E-state index is 0.00736. The average Bonchev–Trinajstić information content (AvgIpc) is 2.36. The molecule has 1 rings (SSSR count). The molecule has 1 atom stereocenters. The van der Waals surface area contributed by atoms with Crippen molar-refractivity contribution in [3.8, 4) is 0 Å². The summed E-state index contributed by atoms with van der Waals surface area (Å²) >= 11 is 5.80. The summed E-state index contributed by atoms with van der Waals surface area (Å²) in [5.41, 5.74) is 0.392. The molecule has 0 aliphatic heterocycles. The van der Waals surface area contributed by atoms with E-state index in [1.807, 2.05) is 6.92 Å². The lowest BCUT2D eigenvalue weighted by atomic mass is 9.89. The van der Waals surface area contributed by atoms with Gasteiger partial charge in [-0.2, -0.15) is 0 Å². The molecule has 102 valence electrons. The highest BCUT2D eigenvalue weighted by Crippen LogP contribution is 2.35. The largest absolute Gasteiger partial charge is 0.204 e. The Morgan fingerprint density at radius 1 is 1.06 bits per heavy atom. The zero-order chi connectivity index (χ0) is 13.7. The summed E-state index contributed by atoms with van der Waals surface area (Å²) in [6, 6.07) is 1.04. The molecule has 1 aromatic rings. The van der Waals surface area contributed by atoms with E-state index in [4.69, 9.17) is 11.6 Å². The van der Waals surface area contributed by atoms with E-state index in [0.717, 1.165) is 38.2 Å². The molecule has 0 heterocycles. The van der Waals surface area contributed by atoms with Crippen LogP contribution in [0.3, 0.4) is 0 Å². The van der Waals surface area contributed by atoms with Crippen LogP contribution in [-0.4, -0.2) is 0 Å². The molecule has 0 radical (unpaired) electrons. The Kier molecular flexibility index (Phi) is 6.00. The lowest BCUT2D eigenvalue weighted by molar-refractivity contribution is 0.440. The molecule has 0 aliphatic rings. The highest BCUT2D eigenvalue weighted by atomic mass is 35.5. The first-order valence-electron chi connectivity index (χ1n) is 6.35. The van der Waals surface area contributed by atoms with Gasteiger partial charge in [0, 0.05) is 0 Å². The van der Waals surface area contributed by atoms with Gasteiger partial charge in [0.1, 0.15) is 0 Å². The zero-order valence-corrected chi connectivity index (χ0v) is 11.5. The monoisotopic (exact) mass is 278 g/mol. The van der Waals surface area contributed by atoms with Crippen molar-refractivity contribution >= 4 is 11.6 Å². The van der Waals surface area contributed by atoms with E-state index in [-0.39, 0.29) is 10.9 Å². The van der Waals surface area contributed by atoms with Gasteiger partial charge in [0.05, 0.1) is 5.02 Å². The molecule has 1 unspecified atom stereocenters. The zero-order valence-electron chi connectivity index (χ0n) is 10.7. The molecule has 0 fully saturated rings. The molecular weight excluding hydrogens is 261 g/mol. The van der Waals surface area contributed by atoms with Crippen LogP contribution in [0.2, 0.25) is 5.02 Å². The van der Waals surface area contributed by atoms with Gasteiger partial charge in [-0.3, -0.25) is 0 Å². The molecule has 0 amide bonds. The third-order valence-corrected chi connectivity index (χ3v) is 3.50. The van der Waals surface area contributed by atoms with Crippen LogP contribution >= 0.6 is 11.6 Å². The van der Waals surface area contributed by atoms with Crippen LogP contribution in [0.15, 0.2) is 6.07 Å². The second kappa shape index (κ2) is 7.03. The summed E-state index contributed by atoms with van der Waals surface area (Å²) in [7, 11) is 0. The third kappa shape index (κ3) is 3.41. The van der Waals surface area contributed by atoms with Crippen LogP contribution in [0.1, 0.15) is 57.4 Å². The van der Waals surface area contributed by atoms with Gasteiger partial charge in [0.15, 0.2) is 17.5 Å². The Bertz CT molecular complexity index is 405. The Labute approximate surface area is 111 Å². The van der Waals surface area contributed by atoms with Crippen LogP contribution in [-0.2, 0) is 0 Å². The van der Waals surface area contributed by atoms with Crippen molar-refractivity contribution in [3.05, 3.63) is 34.1 Å². The van der Waals surface area contributed by atoms with Gasteiger partial charge < -0.3 is 0 Å². The molecule has 0 bridgehead atoms. The molecule has 0 N–H and O–H groups in total. The fraction of sp³-hybridized carbons (Fsp3) is 0.571. The van der Waals surface area contributed by atoms with Crippen LogP contribution < -0.4 is 0 Å². The Morgan fingerprint density at radius 2 is 1.72 bits per heavy atom. The van der Waals surface area contributed by atoms with E-state index in [9.17, 15) is 13.2 Å². The maximum Gasteiger partial charge on any atom is 0.195 e. The summed E-state index contributed by atoms with van der Waals surface area (Å²) in [4.78, 5) is 0. The molecule has 4 heteroatoms. The molecule has 0 spiro atoms. The van der Waals surface area contributed by atoms with Crippen LogP contribution in [0, 0.1) is 17.5 Å². The molecule has 0 aromatic heterocycles. The van der Waals surface area contributed by atoms with Crippen LogP contribution in [0.4, 0.5) is 13.2 Å². The fourth-order valence-electron chi connectivity index (χ4n) is 2.14.